The molecular formula is C11H18N2O4S. The van der Waals surface area contributed by atoms with Crippen LogP contribution in [0.1, 0.15) is 0 Å². The van der Waals surface area contributed by atoms with E-state index >= 15 is 0 Å². The van der Waals surface area contributed by atoms with Gasteiger partial charge in [-0.3, -0.25) is 0 Å². The number of primary sulfonamides is 1. The molecule has 0 amide bonds. The van der Waals surface area contributed by atoms with E-state index in [0.29, 0.717) is 18.8 Å². The van der Waals surface area contributed by atoms with Crippen LogP contribution < -0.4 is 10.5 Å². The van der Waals surface area contributed by atoms with Gasteiger partial charge >= 0.3 is 0 Å². The lowest BCUT2D eigenvalue weighted by Crippen LogP contribution is -2.27. The fourth-order valence-electron chi connectivity index (χ4n) is 1.48. The van der Waals surface area contributed by atoms with Gasteiger partial charge in [0.1, 0.15) is 4.90 Å². The van der Waals surface area contributed by atoms with Crippen LogP contribution >= 0.6 is 0 Å². The SMILES string of the molecule is COCC(CNc1ccccc1S(N)(=O)=O)OC. The molecule has 0 aliphatic carbocycles. The van der Waals surface area contributed by atoms with E-state index in [1.807, 2.05) is 0 Å². The topological polar surface area (TPSA) is 90.6 Å². The zero-order chi connectivity index (χ0) is 13.6. The maximum absolute atomic E-state index is 11.4. The summed E-state index contributed by atoms with van der Waals surface area (Å²) in [6.07, 6.45) is -0.163. The summed E-state index contributed by atoms with van der Waals surface area (Å²) in [4.78, 5) is 0.0669. The molecule has 1 atom stereocenters. The third-order valence-electron chi connectivity index (χ3n) is 2.40. The van der Waals surface area contributed by atoms with Crippen molar-refractivity contribution in [1.82, 2.24) is 0 Å². The van der Waals surface area contributed by atoms with Gasteiger partial charge in [-0.05, 0) is 12.1 Å². The Hall–Kier alpha value is -1.15. The normalized spacial score (nSPS) is 13.3. The molecule has 3 N–H and O–H groups in total. The van der Waals surface area contributed by atoms with Crippen LogP contribution in [-0.2, 0) is 19.5 Å². The number of methoxy groups -OCH3 is 2. The van der Waals surface area contributed by atoms with Crippen molar-refractivity contribution >= 4 is 15.7 Å². The van der Waals surface area contributed by atoms with Crippen molar-refractivity contribution in [2.45, 2.75) is 11.0 Å². The molecule has 0 aliphatic heterocycles. The minimum absolute atomic E-state index is 0.0669. The molecule has 0 saturated carbocycles. The van der Waals surface area contributed by atoms with Crippen molar-refractivity contribution in [3.05, 3.63) is 24.3 Å². The van der Waals surface area contributed by atoms with Crippen molar-refractivity contribution in [2.75, 3.05) is 32.7 Å². The van der Waals surface area contributed by atoms with Crippen molar-refractivity contribution in [2.24, 2.45) is 5.14 Å². The smallest absolute Gasteiger partial charge is 0.240 e. The van der Waals surface area contributed by atoms with Crippen molar-refractivity contribution in [1.29, 1.82) is 0 Å². The molecule has 0 fully saturated rings. The molecule has 0 spiro atoms. The van der Waals surface area contributed by atoms with E-state index in [2.05, 4.69) is 5.32 Å². The summed E-state index contributed by atoms with van der Waals surface area (Å²) < 4.78 is 32.9. The third-order valence-corrected chi connectivity index (χ3v) is 3.37. The number of para-hydroxylation sites is 1. The Morgan fingerprint density at radius 2 is 2.00 bits per heavy atom. The quantitative estimate of drug-likeness (QED) is 0.751. The molecule has 0 bridgehead atoms. The molecule has 18 heavy (non-hydrogen) atoms. The van der Waals surface area contributed by atoms with Gasteiger partial charge in [-0.15, -0.1) is 0 Å². The van der Waals surface area contributed by atoms with E-state index in [4.69, 9.17) is 14.6 Å². The fraction of sp³-hybridized carbons (Fsp3) is 0.455. The number of nitrogens with two attached hydrogens (primary N) is 1. The van der Waals surface area contributed by atoms with Gasteiger partial charge in [0.2, 0.25) is 10.0 Å². The van der Waals surface area contributed by atoms with E-state index in [1.165, 1.54) is 6.07 Å². The van der Waals surface area contributed by atoms with Gasteiger partial charge in [0.15, 0.2) is 0 Å². The lowest BCUT2D eigenvalue weighted by molar-refractivity contribution is 0.0365. The average molecular weight is 274 g/mol. The first kappa shape index (κ1) is 14.9. The first-order valence-corrected chi connectivity index (χ1v) is 6.91. The number of hydrogen-bond acceptors (Lipinski definition) is 5. The van der Waals surface area contributed by atoms with Crippen LogP contribution in [0.25, 0.3) is 0 Å². The van der Waals surface area contributed by atoms with Crippen LogP contribution in [0.4, 0.5) is 5.69 Å². The predicted octanol–water partition coefficient (Wildman–Crippen LogP) is 0.407. The Morgan fingerprint density at radius 3 is 2.56 bits per heavy atom. The van der Waals surface area contributed by atoms with Crippen LogP contribution in [0.15, 0.2) is 29.2 Å². The van der Waals surface area contributed by atoms with E-state index in [9.17, 15) is 8.42 Å². The Labute approximate surface area is 107 Å². The number of rotatable bonds is 7. The van der Waals surface area contributed by atoms with E-state index < -0.39 is 10.0 Å². The highest BCUT2D eigenvalue weighted by atomic mass is 32.2. The average Bonchev–Trinajstić information content (AvgIpc) is 2.33. The molecule has 1 unspecified atom stereocenters. The van der Waals surface area contributed by atoms with Gasteiger partial charge in [0, 0.05) is 20.8 Å². The standard InChI is InChI=1S/C11H18N2O4S/c1-16-8-9(17-2)7-13-10-5-3-4-6-11(10)18(12,14)15/h3-6,9,13H,7-8H2,1-2H3,(H2,12,14,15). The number of sulfonamides is 1. The minimum Gasteiger partial charge on any atom is -0.382 e. The van der Waals surface area contributed by atoms with Crippen LogP contribution in [0, 0.1) is 0 Å². The van der Waals surface area contributed by atoms with Crippen molar-refractivity contribution < 1.29 is 17.9 Å². The molecule has 0 radical (unpaired) electrons. The Kier molecular flexibility index (Phi) is 5.54. The summed E-state index contributed by atoms with van der Waals surface area (Å²) in [6, 6.07) is 6.46. The molecule has 0 saturated heterocycles. The molecule has 6 nitrogen and oxygen atoms in total. The van der Waals surface area contributed by atoms with E-state index in [-0.39, 0.29) is 11.0 Å². The summed E-state index contributed by atoms with van der Waals surface area (Å²) in [5, 5.41) is 8.12. The maximum atomic E-state index is 11.4. The second kappa shape index (κ2) is 6.69. The molecule has 102 valence electrons. The van der Waals surface area contributed by atoms with Crippen LogP contribution in [-0.4, -0.2) is 41.9 Å². The molecule has 0 heterocycles. The van der Waals surface area contributed by atoms with Gasteiger partial charge < -0.3 is 14.8 Å². The van der Waals surface area contributed by atoms with Gasteiger partial charge in [-0.2, -0.15) is 0 Å². The number of nitrogens with one attached hydrogen (secondary N) is 1. The predicted molar refractivity (Wildman–Crippen MR) is 69.0 cm³/mol. The highest BCUT2D eigenvalue weighted by molar-refractivity contribution is 7.89. The molecule has 1 aromatic rings. The van der Waals surface area contributed by atoms with E-state index in [1.54, 1.807) is 32.4 Å². The molecule has 0 aliphatic rings. The summed E-state index contributed by atoms with van der Waals surface area (Å²) in [5.41, 5.74) is 0.457. The molecule has 7 heteroatoms. The summed E-state index contributed by atoms with van der Waals surface area (Å²) in [6.45, 7) is 0.845. The fourth-order valence-corrected chi connectivity index (χ4v) is 2.20. The highest BCUT2D eigenvalue weighted by Crippen LogP contribution is 2.19. The monoisotopic (exact) mass is 274 g/mol. The Balaban J connectivity index is 2.79. The minimum atomic E-state index is -3.73. The zero-order valence-corrected chi connectivity index (χ0v) is 11.2. The van der Waals surface area contributed by atoms with Crippen LogP contribution in [0.2, 0.25) is 0 Å². The first-order valence-electron chi connectivity index (χ1n) is 5.36. The van der Waals surface area contributed by atoms with Gasteiger partial charge in [0.25, 0.3) is 0 Å². The molecule has 1 aromatic carbocycles. The second-order valence-corrected chi connectivity index (χ2v) is 5.26. The van der Waals surface area contributed by atoms with E-state index in [0.717, 1.165) is 0 Å². The third kappa shape index (κ3) is 4.26. The largest absolute Gasteiger partial charge is 0.382 e. The lowest BCUT2D eigenvalue weighted by Gasteiger charge is -2.17. The Bertz CT molecular complexity index is 476. The van der Waals surface area contributed by atoms with Crippen LogP contribution in [0.5, 0.6) is 0 Å². The summed E-state index contributed by atoms with van der Waals surface area (Å²) in [5.74, 6) is 0. The van der Waals surface area contributed by atoms with Crippen molar-refractivity contribution in [3.8, 4) is 0 Å². The number of hydrogen-bond donors (Lipinski definition) is 2. The molecule has 0 aromatic heterocycles. The first-order chi connectivity index (χ1) is 8.49. The summed E-state index contributed by atoms with van der Waals surface area (Å²) in [7, 11) is -0.595. The van der Waals surface area contributed by atoms with Crippen molar-refractivity contribution in [3.63, 3.8) is 0 Å². The van der Waals surface area contributed by atoms with Crippen LogP contribution in [0.3, 0.4) is 0 Å². The molecular weight excluding hydrogens is 256 g/mol. The summed E-state index contributed by atoms with van der Waals surface area (Å²) >= 11 is 0. The van der Waals surface area contributed by atoms with Gasteiger partial charge in [0.05, 0.1) is 18.4 Å². The number of ether oxygens (including phenoxy) is 2. The number of anilines is 1. The van der Waals surface area contributed by atoms with Gasteiger partial charge in [-0.25, -0.2) is 13.6 Å². The highest BCUT2D eigenvalue weighted by Gasteiger charge is 2.14. The second-order valence-electron chi connectivity index (χ2n) is 3.74. The lowest BCUT2D eigenvalue weighted by atomic mass is 10.3. The Morgan fingerprint density at radius 1 is 1.33 bits per heavy atom. The maximum Gasteiger partial charge on any atom is 0.240 e. The molecule has 1 rings (SSSR count). The zero-order valence-electron chi connectivity index (χ0n) is 10.4. The number of benzene rings is 1. The van der Waals surface area contributed by atoms with Gasteiger partial charge in [-0.1, -0.05) is 12.1 Å².